The second-order valence-corrected chi connectivity index (χ2v) is 4.69. The van der Waals surface area contributed by atoms with Crippen molar-refractivity contribution >= 4 is 0 Å². The fourth-order valence-corrected chi connectivity index (χ4v) is 1.38. The highest BCUT2D eigenvalue weighted by atomic mass is 16.3. The number of furan rings is 1. The van der Waals surface area contributed by atoms with E-state index < -0.39 is 5.60 Å². The van der Waals surface area contributed by atoms with Gasteiger partial charge in [-0.25, -0.2) is 0 Å². The fourth-order valence-electron chi connectivity index (χ4n) is 1.38. The van der Waals surface area contributed by atoms with Gasteiger partial charge in [-0.1, -0.05) is 0 Å². The maximum absolute atomic E-state index is 9.54. The minimum atomic E-state index is -0.605. The van der Waals surface area contributed by atoms with Gasteiger partial charge in [-0.3, -0.25) is 0 Å². The summed E-state index contributed by atoms with van der Waals surface area (Å²) in [5.41, 5.74) is -0.605. The Kier molecular flexibility index (Phi) is 3.94. The topological polar surface area (TPSA) is 45.4 Å². The summed E-state index contributed by atoms with van der Waals surface area (Å²) in [6.07, 6.45) is 0.733. The van der Waals surface area contributed by atoms with Gasteiger partial charge in [-0.2, -0.15) is 0 Å². The minimum Gasteiger partial charge on any atom is -0.465 e. The second-order valence-electron chi connectivity index (χ2n) is 4.69. The van der Waals surface area contributed by atoms with E-state index in [1.165, 1.54) is 0 Å². The molecule has 1 aromatic heterocycles. The van der Waals surface area contributed by atoms with E-state index in [0.29, 0.717) is 0 Å². The lowest BCUT2D eigenvalue weighted by Gasteiger charge is -2.18. The molecule has 0 saturated heterocycles. The summed E-state index contributed by atoms with van der Waals surface area (Å²) in [6.45, 7) is 8.41. The average Bonchev–Trinajstić information content (AvgIpc) is 2.49. The standard InChI is InChI=1S/C12H21NO2/c1-9-5-6-11(15-9)10(2)13-8-7-12(3,4)14/h5-6,10,13-14H,7-8H2,1-4H3. The quantitative estimate of drug-likeness (QED) is 0.786. The van der Waals surface area contributed by atoms with E-state index in [1.54, 1.807) is 0 Å². The van der Waals surface area contributed by atoms with E-state index in [2.05, 4.69) is 12.2 Å². The molecule has 1 atom stereocenters. The Bertz CT molecular complexity index is 299. The molecule has 15 heavy (non-hydrogen) atoms. The molecule has 1 heterocycles. The first-order valence-corrected chi connectivity index (χ1v) is 5.40. The van der Waals surface area contributed by atoms with Gasteiger partial charge in [0, 0.05) is 0 Å². The Balaban J connectivity index is 2.34. The smallest absolute Gasteiger partial charge is 0.120 e. The van der Waals surface area contributed by atoms with Crippen LogP contribution in [0.3, 0.4) is 0 Å². The molecule has 3 nitrogen and oxygen atoms in total. The molecule has 0 radical (unpaired) electrons. The van der Waals surface area contributed by atoms with Crippen molar-refractivity contribution in [3.63, 3.8) is 0 Å². The summed E-state index contributed by atoms with van der Waals surface area (Å²) in [5, 5.41) is 12.9. The molecule has 1 unspecified atom stereocenters. The van der Waals surface area contributed by atoms with Gasteiger partial charge in [0.15, 0.2) is 0 Å². The van der Waals surface area contributed by atoms with Crippen molar-refractivity contribution in [2.24, 2.45) is 0 Å². The van der Waals surface area contributed by atoms with Gasteiger partial charge in [0.1, 0.15) is 11.5 Å². The number of nitrogens with one attached hydrogen (secondary N) is 1. The summed E-state index contributed by atoms with van der Waals surface area (Å²) in [5.74, 6) is 1.88. The molecule has 3 heteroatoms. The zero-order valence-corrected chi connectivity index (χ0v) is 10.0. The number of hydrogen-bond donors (Lipinski definition) is 2. The minimum absolute atomic E-state index is 0.195. The van der Waals surface area contributed by atoms with Crippen LogP contribution in [0, 0.1) is 6.92 Å². The number of aryl methyl sites for hydroxylation is 1. The third-order valence-electron chi connectivity index (χ3n) is 2.38. The van der Waals surface area contributed by atoms with Crippen LogP contribution < -0.4 is 5.32 Å². The molecule has 0 spiro atoms. The average molecular weight is 211 g/mol. The van der Waals surface area contributed by atoms with Crippen molar-refractivity contribution < 1.29 is 9.52 Å². The largest absolute Gasteiger partial charge is 0.465 e. The van der Waals surface area contributed by atoms with Gasteiger partial charge >= 0.3 is 0 Å². The van der Waals surface area contributed by atoms with Crippen molar-refractivity contribution in [2.45, 2.75) is 45.8 Å². The molecular weight excluding hydrogens is 190 g/mol. The van der Waals surface area contributed by atoms with E-state index in [-0.39, 0.29) is 6.04 Å². The molecule has 0 aliphatic carbocycles. The summed E-state index contributed by atoms with van der Waals surface area (Å²) in [7, 11) is 0. The highest BCUT2D eigenvalue weighted by Crippen LogP contribution is 2.16. The molecule has 86 valence electrons. The summed E-state index contributed by atoms with van der Waals surface area (Å²) in [6, 6.07) is 4.14. The molecule has 0 saturated carbocycles. The lowest BCUT2D eigenvalue weighted by molar-refractivity contribution is 0.0703. The van der Waals surface area contributed by atoms with Gasteiger partial charge in [0.25, 0.3) is 0 Å². The van der Waals surface area contributed by atoms with Crippen LogP contribution in [0.5, 0.6) is 0 Å². The van der Waals surface area contributed by atoms with Gasteiger partial charge in [-0.05, 0) is 52.8 Å². The first-order valence-electron chi connectivity index (χ1n) is 5.40. The SMILES string of the molecule is Cc1ccc(C(C)NCCC(C)(C)O)o1. The van der Waals surface area contributed by atoms with Gasteiger partial charge in [0.05, 0.1) is 11.6 Å². The Hall–Kier alpha value is -0.800. The molecular formula is C12H21NO2. The van der Waals surface area contributed by atoms with E-state index in [0.717, 1.165) is 24.5 Å². The van der Waals surface area contributed by atoms with Crippen molar-refractivity contribution in [1.29, 1.82) is 0 Å². The summed E-state index contributed by atoms with van der Waals surface area (Å²) in [4.78, 5) is 0. The summed E-state index contributed by atoms with van der Waals surface area (Å²) >= 11 is 0. The zero-order valence-electron chi connectivity index (χ0n) is 10.0. The monoisotopic (exact) mass is 211 g/mol. The predicted octanol–water partition coefficient (Wildman–Crippen LogP) is 2.40. The molecule has 0 aliphatic rings. The van der Waals surface area contributed by atoms with Gasteiger partial charge < -0.3 is 14.8 Å². The number of hydrogen-bond acceptors (Lipinski definition) is 3. The van der Waals surface area contributed by atoms with Crippen LogP contribution in [0.15, 0.2) is 16.5 Å². The lowest BCUT2D eigenvalue weighted by atomic mass is 10.1. The van der Waals surface area contributed by atoms with Crippen LogP contribution >= 0.6 is 0 Å². The Labute approximate surface area is 91.5 Å². The molecule has 0 fully saturated rings. The van der Waals surface area contributed by atoms with Crippen molar-refractivity contribution in [3.05, 3.63) is 23.7 Å². The molecule has 0 aromatic carbocycles. The molecule has 0 aliphatic heterocycles. The normalized spacial score (nSPS) is 14.2. The summed E-state index contributed by atoms with van der Waals surface area (Å²) < 4.78 is 5.50. The van der Waals surface area contributed by atoms with Crippen LogP contribution in [0.1, 0.15) is 44.8 Å². The van der Waals surface area contributed by atoms with E-state index in [1.807, 2.05) is 32.9 Å². The molecule has 1 aromatic rings. The Morgan fingerprint density at radius 2 is 2.13 bits per heavy atom. The zero-order chi connectivity index (χ0) is 11.5. The Morgan fingerprint density at radius 3 is 2.60 bits per heavy atom. The van der Waals surface area contributed by atoms with Gasteiger partial charge in [0.2, 0.25) is 0 Å². The molecule has 1 rings (SSSR count). The van der Waals surface area contributed by atoms with Crippen LogP contribution in [0.4, 0.5) is 0 Å². The second kappa shape index (κ2) is 4.81. The predicted molar refractivity (Wildman–Crippen MR) is 60.8 cm³/mol. The number of rotatable bonds is 5. The molecule has 0 bridgehead atoms. The van der Waals surface area contributed by atoms with Crippen LogP contribution in [0.25, 0.3) is 0 Å². The van der Waals surface area contributed by atoms with Crippen molar-refractivity contribution in [1.82, 2.24) is 5.32 Å². The first kappa shape index (κ1) is 12.3. The van der Waals surface area contributed by atoms with Crippen LogP contribution in [-0.4, -0.2) is 17.3 Å². The van der Waals surface area contributed by atoms with Gasteiger partial charge in [-0.15, -0.1) is 0 Å². The lowest BCUT2D eigenvalue weighted by Crippen LogP contribution is -2.28. The Morgan fingerprint density at radius 1 is 1.47 bits per heavy atom. The van der Waals surface area contributed by atoms with Crippen molar-refractivity contribution in [2.75, 3.05) is 6.54 Å². The third-order valence-corrected chi connectivity index (χ3v) is 2.38. The van der Waals surface area contributed by atoms with Crippen LogP contribution in [-0.2, 0) is 0 Å². The maximum atomic E-state index is 9.54. The molecule has 2 N–H and O–H groups in total. The van der Waals surface area contributed by atoms with Crippen LogP contribution in [0.2, 0.25) is 0 Å². The highest BCUT2D eigenvalue weighted by molar-refractivity contribution is 5.08. The first-order chi connectivity index (χ1) is 6.88. The third kappa shape index (κ3) is 4.49. The fraction of sp³-hybridized carbons (Fsp3) is 0.667. The number of aliphatic hydroxyl groups is 1. The van der Waals surface area contributed by atoms with E-state index in [9.17, 15) is 5.11 Å². The molecule has 0 amide bonds. The van der Waals surface area contributed by atoms with E-state index in [4.69, 9.17) is 4.42 Å². The highest BCUT2D eigenvalue weighted by Gasteiger charge is 2.13. The van der Waals surface area contributed by atoms with Crippen molar-refractivity contribution in [3.8, 4) is 0 Å². The van der Waals surface area contributed by atoms with E-state index >= 15 is 0 Å². The maximum Gasteiger partial charge on any atom is 0.120 e.